The third kappa shape index (κ3) is 2.13. The second-order valence-corrected chi connectivity index (χ2v) is 5.08. The first-order valence-electron chi connectivity index (χ1n) is 6.40. The first-order chi connectivity index (χ1) is 9.31. The number of hydrogen-bond donors (Lipinski definition) is 0. The molecular formula is C16H14ClNO. The van der Waals surface area contributed by atoms with Crippen LogP contribution >= 0.6 is 11.6 Å². The van der Waals surface area contributed by atoms with Gasteiger partial charge in [0.15, 0.2) is 6.29 Å². The zero-order chi connectivity index (χ0) is 13.2. The molecule has 1 heterocycles. The second kappa shape index (κ2) is 5.06. The van der Waals surface area contributed by atoms with Crippen LogP contribution in [0, 0.1) is 0 Å². The smallest absolute Gasteiger partial charge is 0.153 e. The lowest BCUT2D eigenvalue weighted by atomic mass is 10.00. The third-order valence-electron chi connectivity index (χ3n) is 3.55. The number of nitrogens with zero attached hydrogens (tertiary/aromatic N) is 1. The number of para-hydroxylation sites is 1. The summed E-state index contributed by atoms with van der Waals surface area (Å²) in [4.78, 5) is 13.5. The Hall–Kier alpha value is -1.80. The number of carbonyl (C=O) groups excluding carboxylic acids is 1. The minimum atomic E-state index is 0.510. The number of anilines is 2. The van der Waals surface area contributed by atoms with Crippen LogP contribution in [0.15, 0.2) is 42.5 Å². The van der Waals surface area contributed by atoms with Crippen molar-refractivity contribution in [1.82, 2.24) is 0 Å². The largest absolute Gasteiger partial charge is 0.341 e. The van der Waals surface area contributed by atoms with Crippen LogP contribution in [0.3, 0.4) is 0 Å². The molecule has 0 aliphatic carbocycles. The molecule has 0 aromatic heterocycles. The predicted molar refractivity (Wildman–Crippen MR) is 78.6 cm³/mol. The average molecular weight is 272 g/mol. The molecule has 0 amide bonds. The lowest BCUT2D eigenvalue weighted by Crippen LogP contribution is -2.25. The van der Waals surface area contributed by atoms with Crippen molar-refractivity contribution in [1.29, 1.82) is 0 Å². The van der Waals surface area contributed by atoms with Crippen molar-refractivity contribution in [2.24, 2.45) is 0 Å². The standard InChI is InChI=1S/C16H14ClNO/c17-14-7-3-9-16(13(14)11-19)18-10-4-6-12-5-1-2-8-15(12)18/h1-3,5,7-9,11H,4,6,10H2. The van der Waals surface area contributed by atoms with Gasteiger partial charge in [-0.3, -0.25) is 4.79 Å². The topological polar surface area (TPSA) is 20.3 Å². The Kier molecular flexibility index (Phi) is 3.26. The molecule has 0 atom stereocenters. The summed E-state index contributed by atoms with van der Waals surface area (Å²) < 4.78 is 0. The Morgan fingerprint density at radius 2 is 1.84 bits per heavy atom. The zero-order valence-electron chi connectivity index (χ0n) is 10.5. The summed E-state index contributed by atoms with van der Waals surface area (Å²) in [5.74, 6) is 0. The van der Waals surface area contributed by atoms with E-state index in [9.17, 15) is 4.79 Å². The van der Waals surface area contributed by atoms with E-state index in [0.29, 0.717) is 10.6 Å². The van der Waals surface area contributed by atoms with Crippen LogP contribution in [-0.2, 0) is 6.42 Å². The molecule has 0 spiro atoms. The number of halogens is 1. The Balaban J connectivity index is 2.14. The number of hydrogen-bond acceptors (Lipinski definition) is 2. The van der Waals surface area contributed by atoms with Gasteiger partial charge in [-0.15, -0.1) is 0 Å². The predicted octanol–water partition coefficient (Wildman–Crippen LogP) is 4.24. The Morgan fingerprint density at radius 1 is 1.05 bits per heavy atom. The van der Waals surface area contributed by atoms with Gasteiger partial charge in [0.2, 0.25) is 0 Å². The quantitative estimate of drug-likeness (QED) is 0.762. The summed E-state index contributed by atoms with van der Waals surface area (Å²) in [6, 6.07) is 13.9. The fourth-order valence-electron chi connectivity index (χ4n) is 2.66. The maximum atomic E-state index is 11.3. The normalized spacial score (nSPS) is 14.1. The molecule has 0 saturated heterocycles. The fourth-order valence-corrected chi connectivity index (χ4v) is 2.88. The van der Waals surface area contributed by atoms with Crippen molar-refractivity contribution in [3.63, 3.8) is 0 Å². The van der Waals surface area contributed by atoms with Crippen molar-refractivity contribution in [2.75, 3.05) is 11.4 Å². The van der Waals surface area contributed by atoms with Gasteiger partial charge >= 0.3 is 0 Å². The number of aldehydes is 1. The van der Waals surface area contributed by atoms with E-state index in [2.05, 4.69) is 23.1 Å². The van der Waals surface area contributed by atoms with Gasteiger partial charge in [0.05, 0.1) is 16.3 Å². The lowest BCUT2D eigenvalue weighted by molar-refractivity contribution is 0.112. The fraction of sp³-hybridized carbons (Fsp3) is 0.188. The summed E-state index contributed by atoms with van der Waals surface area (Å²) in [6.07, 6.45) is 3.01. The monoisotopic (exact) mass is 271 g/mol. The summed E-state index contributed by atoms with van der Waals surface area (Å²) in [6.45, 7) is 0.915. The van der Waals surface area contributed by atoms with E-state index in [1.165, 1.54) is 11.3 Å². The van der Waals surface area contributed by atoms with Gasteiger partial charge < -0.3 is 4.90 Å². The molecule has 1 aliphatic rings. The van der Waals surface area contributed by atoms with Gasteiger partial charge in [0.25, 0.3) is 0 Å². The number of rotatable bonds is 2. The van der Waals surface area contributed by atoms with Crippen LogP contribution in [-0.4, -0.2) is 12.8 Å². The number of aryl methyl sites for hydroxylation is 1. The molecular weight excluding hydrogens is 258 g/mol. The summed E-state index contributed by atoms with van der Waals surface area (Å²) in [5, 5.41) is 0.510. The molecule has 0 radical (unpaired) electrons. The molecule has 3 rings (SSSR count). The molecule has 2 aromatic rings. The van der Waals surface area contributed by atoms with Gasteiger partial charge in [-0.25, -0.2) is 0 Å². The zero-order valence-corrected chi connectivity index (χ0v) is 11.2. The lowest BCUT2D eigenvalue weighted by Gasteiger charge is -2.32. The molecule has 0 unspecified atom stereocenters. The van der Waals surface area contributed by atoms with Crippen molar-refractivity contribution in [3.8, 4) is 0 Å². The summed E-state index contributed by atoms with van der Waals surface area (Å²) in [7, 11) is 0. The van der Waals surface area contributed by atoms with E-state index in [1.807, 2.05) is 18.2 Å². The first-order valence-corrected chi connectivity index (χ1v) is 6.78. The third-order valence-corrected chi connectivity index (χ3v) is 3.88. The first kappa shape index (κ1) is 12.2. The molecule has 1 aliphatic heterocycles. The van der Waals surface area contributed by atoms with Gasteiger partial charge in [-0.1, -0.05) is 35.9 Å². The van der Waals surface area contributed by atoms with E-state index in [0.717, 1.165) is 31.4 Å². The van der Waals surface area contributed by atoms with Crippen molar-refractivity contribution < 1.29 is 4.79 Å². The Morgan fingerprint density at radius 3 is 2.68 bits per heavy atom. The summed E-state index contributed by atoms with van der Waals surface area (Å²) >= 11 is 6.12. The van der Waals surface area contributed by atoms with Crippen molar-refractivity contribution >= 4 is 29.3 Å². The Labute approximate surface area is 117 Å². The van der Waals surface area contributed by atoms with Gasteiger partial charge in [-0.05, 0) is 36.6 Å². The van der Waals surface area contributed by atoms with Crippen LogP contribution in [0.1, 0.15) is 22.3 Å². The highest BCUT2D eigenvalue weighted by atomic mass is 35.5. The molecule has 2 nitrogen and oxygen atoms in total. The van der Waals surface area contributed by atoms with Crippen LogP contribution in [0.2, 0.25) is 5.02 Å². The van der Waals surface area contributed by atoms with Crippen molar-refractivity contribution in [3.05, 3.63) is 58.6 Å². The van der Waals surface area contributed by atoms with Gasteiger partial charge in [0, 0.05) is 12.2 Å². The van der Waals surface area contributed by atoms with Crippen LogP contribution in [0.4, 0.5) is 11.4 Å². The van der Waals surface area contributed by atoms with E-state index in [-0.39, 0.29) is 0 Å². The molecule has 0 fully saturated rings. The maximum Gasteiger partial charge on any atom is 0.153 e. The van der Waals surface area contributed by atoms with E-state index >= 15 is 0 Å². The number of fused-ring (bicyclic) bond motifs is 1. The van der Waals surface area contributed by atoms with Crippen LogP contribution in [0.5, 0.6) is 0 Å². The van der Waals surface area contributed by atoms with E-state index in [4.69, 9.17) is 11.6 Å². The SMILES string of the molecule is O=Cc1c(Cl)cccc1N1CCCc2ccccc21. The number of benzene rings is 2. The molecule has 0 saturated carbocycles. The van der Waals surface area contributed by atoms with Gasteiger partial charge in [0.1, 0.15) is 0 Å². The minimum absolute atomic E-state index is 0.510. The minimum Gasteiger partial charge on any atom is -0.341 e. The highest BCUT2D eigenvalue weighted by Crippen LogP contribution is 2.36. The highest BCUT2D eigenvalue weighted by molar-refractivity contribution is 6.33. The second-order valence-electron chi connectivity index (χ2n) is 4.67. The molecule has 3 heteroatoms. The molecule has 0 bridgehead atoms. The molecule has 19 heavy (non-hydrogen) atoms. The highest BCUT2D eigenvalue weighted by Gasteiger charge is 2.20. The number of carbonyl (C=O) groups is 1. The van der Waals surface area contributed by atoms with E-state index in [1.54, 1.807) is 6.07 Å². The molecule has 96 valence electrons. The van der Waals surface area contributed by atoms with E-state index < -0.39 is 0 Å². The van der Waals surface area contributed by atoms with Crippen LogP contribution in [0.25, 0.3) is 0 Å². The summed E-state index contributed by atoms with van der Waals surface area (Å²) in [5.41, 5.74) is 3.97. The van der Waals surface area contributed by atoms with Gasteiger partial charge in [-0.2, -0.15) is 0 Å². The van der Waals surface area contributed by atoms with Crippen molar-refractivity contribution in [2.45, 2.75) is 12.8 Å². The molecule has 2 aromatic carbocycles. The Bertz CT molecular complexity index is 624. The van der Waals surface area contributed by atoms with Crippen LogP contribution < -0.4 is 4.90 Å². The molecule has 0 N–H and O–H groups in total. The maximum absolute atomic E-state index is 11.3. The average Bonchev–Trinajstić information content (AvgIpc) is 2.46.